The molecule has 11 heteroatoms. The summed E-state index contributed by atoms with van der Waals surface area (Å²) in [6.45, 7) is -1.45. The van der Waals surface area contributed by atoms with E-state index >= 15 is 0 Å². The molecule has 0 atom stereocenters. The molecular formula is C13H27N3O7P+. The standard InChI is InChI=1S/C13H26N3O7P/c17-7-14-11(21)1-4-24(10-20,5-2-12(22)15-8-18)6-3-13(23)16-9-19/h17-20H,1-10H2,(H2-,14,15,16,21,22,23)/p+1. The molecule has 0 aliphatic heterocycles. The molecule has 7 N–H and O–H groups in total. The van der Waals surface area contributed by atoms with Crippen LogP contribution in [0.2, 0.25) is 0 Å². The van der Waals surface area contributed by atoms with Crippen molar-refractivity contribution in [3.63, 3.8) is 0 Å². The van der Waals surface area contributed by atoms with Crippen molar-refractivity contribution in [3.05, 3.63) is 0 Å². The molecule has 0 saturated heterocycles. The van der Waals surface area contributed by atoms with Gasteiger partial charge in [-0.2, -0.15) is 0 Å². The number of carbonyl (C=O) groups excluding carboxylic acids is 3. The Hall–Kier alpha value is -1.32. The number of aliphatic hydroxyl groups is 4. The highest BCUT2D eigenvalue weighted by Crippen LogP contribution is 2.59. The number of rotatable bonds is 13. The third-order valence-electron chi connectivity index (χ3n) is 3.57. The van der Waals surface area contributed by atoms with Crippen LogP contribution < -0.4 is 16.0 Å². The number of carbonyl (C=O) groups is 3. The molecule has 0 aliphatic carbocycles. The van der Waals surface area contributed by atoms with E-state index in [1.807, 2.05) is 0 Å². The molecule has 0 bridgehead atoms. The van der Waals surface area contributed by atoms with Gasteiger partial charge in [0.15, 0.2) is 6.35 Å². The number of hydrogen-bond acceptors (Lipinski definition) is 7. The van der Waals surface area contributed by atoms with E-state index in [2.05, 4.69) is 16.0 Å². The topological polar surface area (TPSA) is 168 Å². The van der Waals surface area contributed by atoms with E-state index in [9.17, 15) is 19.5 Å². The van der Waals surface area contributed by atoms with Crippen LogP contribution in [-0.2, 0) is 14.4 Å². The molecule has 10 nitrogen and oxygen atoms in total. The molecular weight excluding hydrogens is 341 g/mol. The van der Waals surface area contributed by atoms with Crippen LogP contribution in [0.5, 0.6) is 0 Å². The molecule has 0 heterocycles. The fourth-order valence-corrected chi connectivity index (χ4v) is 5.22. The molecule has 0 radical (unpaired) electrons. The second-order valence-electron chi connectivity index (χ2n) is 5.18. The van der Waals surface area contributed by atoms with Crippen molar-refractivity contribution in [1.29, 1.82) is 0 Å². The fraction of sp³-hybridized carbons (Fsp3) is 0.769. The first-order valence-electron chi connectivity index (χ1n) is 7.51. The van der Waals surface area contributed by atoms with Gasteiger partial charge in [-0.3, -0.25) is 14.4 Å². The van der Waals surface area contributed by atoms with Gasteiger partial charge >= 0.3 is 0 Å². The van der Waals surface area contributed by atoms with Crippen molar-refractivity contribution in [2.45, 2.75) is 19.3 Å². The predicted molar refractivity (Wildman–Crippen MR) is 88.1 cm³/mol. The molecule has 0 saturated carbocycles. The second-order valence-corrected chi connectivity index (χ2v) is 9.49. The second kappa shape index (κ2) is 13.0. The van der Waals surface area contributed by atoms with Crippen molar-refractivity contribution in [2.24, 2.45) is 0 Å². The maximum atomic E-state index is 11.5. The Labute approximate surface area is 141 Å². The normalized spacial score (nSPS) is 11.0. The molecule has 0 aromatic rings. The van der Waals surface area contributed by atoms with Gasteiger partial charge in [0, 0.05) is 7.26 Å². The van der Waals surface area contributed by atoms with Gasteiger partial charge in [0.25, 0.3) is 0 Å². The minimum atomic E-state index is -2.18. The van der Waals surface area contributed by atoms with Gasteiger partial charge in [-0.25, -0.2) is 0 Å². The molecule has 0 unspecified atom stereocenters. The van der Waals surface area contributed by atoms with E-state index in [4.69, 9.17) is 15.3 Å². The van der Waals surface area contributed by atoms with Crippen LogP contribution in [0.15, 0.2) is 0 Å². The highest BCUT2D eigenvalue weighted by molar-refractivity contribution is 7.75. The Balaban J connectivity index is 4.81. The van der Waals surface area contributed by atoms with Gasteiger partial charge in [0.2, 0.25) is 17.7 Å². The number of aliphatic hydroxyl groups excluding tert-OH is 4. The van der Waals surface area contributed by atoms with Crippen molar-refractivity contribution in [3.8, 4) is 0 Å². The van der Waals surface area contributed by atoms with E-state index in [1.54, 1.807) is 0 Å². The minimum absolute atomic E-state index is 0.0676. The largest absolute Gasteiger partial charge is 0.377 e. The number of nitrogens with one attached hydrogen (secondary N) is 3. The summed E-state index contributed by atoms with van der Waals surface area (Å²) in [7, 11) is -2.18. The third kappa shape index (κ3) is 9.74. The molecule has 0 aliphatic rings. The Kier molecular flexibility index (Phi) is 12.3. The predicted octanol–water partition coefficient (Wildman–Crippen LogP) is -2.68. The van der Waals surface area contributed by atoms with Gasteiger partial charge in [-0.1, -0.05) is 0 Å². The summed E-state index contributed by atoms with van der Waals surface area (Å²) >= 11 is 0. The summed E-state index contributed by atoms with van der Waals surface area (Å²) in [6.07, 6.45) is 0.961. The average molecular weight is 368 g/mol. The van der Waals surface area contributed by atoms with Crippen LogP contribution in [0.25, 0.3) is 0 Å². The van der Waals surface area contributed by atoms with Gasteiger partial charge < -0.3 is 36.4 Å². The van der Waals surface area contributed by atoms with Gasteiger partial charge in [0.1, 0.15) is 20.2 Å². The molecule has 24 heavy (non-hydrogen) atoms. The van der Waals surface area contributed by atoms with Crippen LogP contribution in [0.3, 0.4) is 0 Å². The van der Waals surface area contributed by atoms with E-state index in [1.165, 1.54) is 0 Å². The lowest BCUT2D eigenvalue weighted by atomic mass is 10.4. The zero-order chi connectivity index (χ0) is 18.4. The molecule has 140 valence electrons. The SMILES string of the molecule is O=C(CC[P+](CO)(CCC(=O)NCO)CCC(=O)NCO)NCO. The van der Waals surface area contributed by atoms with E-state index in [-0.39, 0.29) is 43.3 Å². The molecule has 3 amide bonds. The number of amides is 3. The average Bonchev–Trinajstić information content (AvgIpc) is 2.55. The van der Waals surface area contributed by atoms with E-state index in [0.29, 0.717) is 18.5 Å². The van der Waals surface area contributed by atoms with Crippen LogP contribution >= 0.6 is 7.26 Å². The smallest absolute Gasteiger partial charge is 0.225 e. The van der Waals surface area contributed by atoms with Crippen LogP contribution in [0, 0.1) is 0 Å². The van der Waals surface area contributed by atoms with Gasteiger partial charge in [-0.05, 0) is 0 Å². The van der Waals surface area contributed by atoms with E-state index in [0.717, 1.165) is 0 Å². The van der Waals surface area contributed by atoms with Crippen LogP contribution in [-0.4, -0.2) is 83.2 Å². The molecule has 0 aromatic carbocycles. The first-order chi connectivity index (χ1) is 11.4. The summed E-state index contributed by atoms with van der Waals surface area (Å²) in [5.74, 6) is -1.14. The summed E-state index contributed by atoms with van der Waals surface area (Å²) in [5, 5.41) is 42.5. The number of hydrogen-bond donors (Lipinski definition) is 7. The maximum Gasteiger partial charge on any atom is 0.225 e. The molecule has 0 rings (SSSR count). The van der Waals surface area contributed by atoms with Crippen molar-refractivity contribution < 1.29 is 34.8 Å². The Morgan fingerprint density at radius 3 is 1.12 bits per heavy atom. The highest BCUT2D eigenvalue weighted by Gasteiger charge is 2.38. The first kappa shape index (κ1) is 22.7. The van der Waals surface area contributed by atoms with Gasteiger partial charge in [-0.15, -0.1) is 0 Å². The third-order valence-corrected chi connectivity index (χ3v) is 7.69. The van der Waals surface area contributed by atoms with Crippen LogP contribution in [0.4, 0.5) is 0 Å². The Morgan fingerprint density at radius 2 is 0.917 bits per heavy atom. The summed E-state index contributed by atoms with van der Waals surface area (Å²) < 4.78 is 0. The maximum absolute atomic E-state index is 11.5. The minimum Gasteiger partial charge on any atom is -0.377 e. The monoisotopic (exact) mass is 368 g/mol. The van der Waals surface area contributed by atoms with Gasteiger partial charge in [0.05, 0.1) is 37.7 Å². The highest BCUT2D eigenvalue weighted by atomic mass is 31.2. The first-order valence-corrected chi connectivity index (χ1v) is 10.0. The quantitative estimate of drug-likeness (QED) is 0.137. The molecule has 0 fully saturated rings. The lowest BCUT2D eigenvalue weighted by molar-refractivity contribution is -0.122. The van der Waals surface area contributed by atoms with Crippen molar-refractivity contribution in [2.75, 3.05) is 45.0 Å². The Bertz CT molecular complexity index is 354. The molecule has 0 aromatic heterocycles. The summed E-state index contributed by atoms with van der Waals surface area (Å²) in [6, 6.07) is 0. The van der Waals surface area contributed by atoms with E-state index < -0.39 is 27.5 Å². The fourth-order valence-electron chi connectivity index (χ4n) is 2.09. The molecule has 0 spiro atoms. The van der Waals surface area contributed by atoms with Crippen molar-refractivity contribution in [1.82, 2.24) is 16.0 Å². The van der Waals surface area contributed by atoms with Crippen LogP contribution in [0.1, 0.15) is 19.3 Å². The summed E-state index contributed by atoms with van der Waals surface area (Å²) in [4.78, 5) is 34.6. The summed E-state index contributed by atoms with van der Waals surface area (Å²) in [5.41, 5.74) is 0. The zero-order valence-corrected chi connectivity index (χ0v) is 14.4. The Morgan fingerprint density at radius 1 is 0.625 bits per heavy atom. The van der Waals surface area contributed by atoms with Crippen molar-refractivity contribution >= 4 is 25.0 Å². The lowest BCUT2D eigenvalue weighted by Gasteiger charge is -2.25. The zero-order valence-electron chi connectivity index (χ0n) is 13.5. The lowest BCUT2D eigenvalue weighted by Crippen LogP contribution is -2.30.